The molecule has 0 saturated carbocycles. The first-order chi connectivity index (χ1) is 16.1. The molecule has 1 aliphatic rings. The summed E-state index contributed by atoms with van der Waals surface area (Å²) in [5.41, 5.74) is 3.03. The van der Waals surface area contributed by atoms with Gasteiger partial charge in [-0.1, -0.05) is 42.5 Å². The Morgan fingerprint density at radius 3 is 2.73 bits per heavy atom. The Kier molecular flexibility index (Phi) is 7.36. The van der Waals surface area contributed by atoms with Crippen LogP contribution in [0.5, 0.6) is 11.5 Å². The molecule has 2 aromatic carbocycles. The molecule has 1 atom stereocenters. The zero-order chi connectivity index (χ0) is 23.0. The summed E-state index contributed by atoms with van der Waals surface area (Å²) in [4.78, 5) is 27.2. The van der Waals surface area contributed by atoms with Crippen LogP contribution in [0.25, 0.3) is 12.2 Å². The van der Waals surface area contributed by atoms with Crippen LogP contribution >= 0.6 is 11.3 Å². The smallest absolute Gasteiger partial charge is 0.414 e. The number of hydrogen-bond donors (Lipinski definition) is 1. The van der Waals surface area contributed by atoms with Crippen LogP contribution in [0.15, 0.2) is 53.9 Å². The van der Waals surface area contributed by atoms with Crippen molar-refractivity contribution in [2.45, 2.75) is 32.0 Å². The highest BCUT2D eigenvalue weighted by Gasteiger charge is 2.31. The topological polar surface area (TPSA) is 86.8 Å². The number of carbonyl (C=O) groups excluding carboxylic acids is 2. The van der Waals surface area contributed by atoms with Gasteiger partial charge in [0.05, 0.1) is 12.8 Å². The second-order valence-corrected chi connectivity index (χ2v) is 8.36. The minimum absolute atomic E-state index is 0.341. The van der Waals surface area contributed by atoms with Crippen molar-refractivity contribution in [3.8, 4) is 11.5 Å². The average molecular weight is 465 g/mol. The molecule has 4 rings (SSSR count). The number of aryl methyl sites for hydroxylation is 1. The maximum Gasteiger partial charge on any atom is 0.414 e. The van der Waals surface area contributed by atoms with Gasteiger partial charge in [0.15, 0.2) is 17.6 Å². The number of carbonyl (C=O) groups is 2. The number of nitrogens with one attached hydrogen (secondary N) is 1. The Bertz CT molecular complexity index is 1140. The van der Waals surface area contributed by atoms with Crippen LogP contribution in [-0.2, 0) is 22.6 Å². The highest BCUT2D eigenvalue weighted by atomic mass is 32.1. The number of hydrogen-bond acceptors (Lipinski definition) is 7. The summed E-state index contributed by atoms with van der Waals surface area (Å²) in [6.45, 7) is 0.341. The molecular formula is C25H24N2O5S. The summed E-state index contributed by atoms with van der Waals surface area (Å²) < 4.78 is 16.4. The van der Waals surface area contributed by atoms with E-state index >= 15 is 0 Å². The third kappa shape index (κ3) is 6.20. The normalized spacial score (nSPS) is 15.5. The number of thiazole rings is 1. The molecule has 33 heavy (non-hydrogen) atoms. The molecule has 1 aliphatic heterocycles. The van der Waals surface area contributed by atoms with Crippen LogP contribution in [0.4, 0.5) is 4.79 Å². The van der Waals surface area contributed by atoms with E-state index < -0.39 is 12.2 Å². The minimum atomic E-state index is -0.701. The van der Waals surface area contributed by atoms with Gasteiger partial charge in [0, 0.05) is 5.38 Å². The van der Waals surface area contributed by atoms with Crippen LogP contribution in [0.1, 0.15) is 34.7 Å². The fourth-order valence-electron chi connectivity index (χ4n) is 3.41. The third-order valence-electron chi connectivity index (χ3n) is 5.09. The van der Waals surface area contributed by atoms with E-state index in [0.29, 0.717) is 30.9 Å². The van der Waals surface area contributed by atoms with Crippen LogP contribution in [0.2, 0.25) is 0 Å². The first-order valence-electron chi connectivity index (χ1n) is 10.6. The Morgan fingerprint density at radius 1 is 1.12 bits per heavy atom. The van der Waals surface area contributed by atoms with Crippen molar-refractivity contribution in [1.29, 1.82) is 0 Å². The maximum absolute atomic E-state index is 11.6. The average Bonchev–Trinajstić information content (AvgIpc) is 3.42. The summed E-state index contributed by atoms with van der Waals surface area (Å²) in [5.74, 6) is 0.902. The van der Waals surface area contributed by atoms with Gasteiger partial charge in [-0.25, -0.2) is 9.78 Å². The molecule has 170 valence electrons. The third-order valence-corrected chi connectivity index (χ3v) is 5.95. The zero-order valence-electron chi connectivity index (χ0n) is 18.2. The largest absolute Gasteiger partial charge is 0.493 e. The van der Waals surface area contributed by atoms with Gasteiger partial charge in [-0.15, -0.1) is 11.3 Å². The van der Waals surface area contributed by atoms with Gasteiger partial charge in [0.25, 0.3) is 5.91 Å². The van der Waals surface area contributed by atoms with Crippen molar-refractivity contribution < 1.29 is 23.8 Å². The number of ether oxygens (including phenoxy) is 3. The van der Waals surface area contributed by atoms with Gasteiger partial charge >= 0.3 is 6.09 Å². The van der Waals surface area contributed by atoms with E-state index in [1.165, 1.54) is 0 Å². The first-order valence-corrected chi connectivity index (χ1v) is 11.5. The molecule has 2 amide bonds. The number of cyclic esters (lactones) is 1. The van der Waals surface area contributed by atoms with Crippen molar-refractivity contribution in [1.82, 2.24) is 10.3 Å². The first kappa shape index (κ1) is 22.5. The van der Waals surface area contributed by atoms with Crippen LogP contribution in [-0.4, -0.2) is 30.2 Å². The van der Waals surface area contributed by atoms with Crippen LogP contribution in [0.3, 0.4) is 0 Å². The molecule has 0 aliphatic carbocycles. The number of methoxy groups -OCH3 is 1. The fourth-order valence-corrected chi connectivity index (χ4v) is 4.10. The monoisotopic (exact) mass is 464 g/mol. The van der Waals surface area contributed by atoms with Crippen LogP contribution in [0, 0.1) is 0 Å². The Labute approximate surface area is 196 Å². The number of rotatable bonds is 10. The summed E-state index contributed by atoms with van der Waals surface area (Å²) in [6, 6.07) is 15.9. The number of amides is 2. The van der Waals surface area contributed by atoms with Gasteiger partial charge in [-0.2, -0.15) is 0 Å². The van der Waals surface area contributed by atoms with Gasteiger partial charge in [-0.3, -0.25) is 10.1 Å². The van der Waals surface area contributed by atoms with E-state index in [9.17, 15) is 9.59 Å². The Morgan fingerprint density at radius 2 is 1.97 bits per heavy atom. The number of nitrogens with zero attached hydrogens (tertiary/aromatic N) is 1. The number of benzene rings is 2. The molecule has 1 unspecified atom stereocenters. The molecule has 1 N–H and O–H groups in total. The molecule has 7 nitrogen and oxygen atoms in total. The number of alkyl carbamates (subject to hydrolysis) is 1. The van der Waals surface area contributed by atoms with E-state index in [0.717, 1.165) is 28.2 Å². The Balaban J connectivity index is 1.29. The SMILES string of the molecule is COc1cc(CCCC2OC(=O)NC2=O)ccc1OCc1csc(C=Cc2ccccc2)n1. The molecule has 0 spiro atoms. The zero-order valence-corrected chi connectivity index (χ0v) is 19.0. The lowest BCUT2D eigenvalue weighted by Gasteiger charge is -2.12. The minimum Gasteiger partial charge on any atom is -0.493 e. The van der Waals surface area contributed by atoms with Gasteiger partial charge in [-0.05, 0) is 48.6 Å². The van der Waals surface area contributed by atoms with E-state index in [4.69, 9.17) is 14.2 Å². The number of aromatic nitrogens is 1. The maximum atomic E-state index is 11.6. The van der Waals surface area contributed by atoms with E-state index in [-0.39, 0.29) is 5.91 Å². The standard InChI is InChI=1S/C25H24N2O5S/c1-30-22-14-18(8-5-9-21-24(28)27-25(29)32-21)10-12-20(22)31-15-19-16-33-23(26-19)13-11-17-6-3-2-4-7-17/h2-4,6-7,10-14,16,21H,5,8-9,15H2,1H3,(H,27,28,29). The van der Waals surface area contributed by atoms with Crippen molar-refractivity contribution in [3.05, 3.63) is 75.7 Å². The highest BCUT2D eigenvalue weighted by Crippen LogP contribution is 2.30. The molecule has 1 saturated heterocycles. The molecule has 2 heterocycles. The second-order valence-electron chi connectivity index (χ2n) is 7.47. The predicted molar refractivity (Wildman–Crippen MR) is 126 cm³/mol. The molecule has 1 fully saturated rings. The second kappa shape index (κ2) is 10.8. The van der Waals surface area contributed by atoms with Crippen molar-refractivity contribution >= 4 is 35.5 Å². The predicted octanol–water partition coefficient (Wildman–Crippen LogP) is 4.86. The van der Waals surface area contributed by atoms with Crippen molar-refractivity contribution in [2.75, 3.05) is 7.11 Å². The van der Waals surface area contributed by atoms with E-state index in [2.05, 4.69) is 10.3 Å². The van der Waals surface area contributed by atoms with Crippen molar-refractivity contribution in [3.63, 3.8) is 0 Å². The summed E-state index contributed by atoms with van der Waals surface area (Å²) in [6.07, 6.45) is 4.56. The van der Waals surface area contributed by atoms with Crippen LogP contribution < -0.4 is 14.8 Å². The summed E-state index contributed by atoms with van der Waals surface area (Å²) >= 11 is 1.57. The fraction of sp³-hybridized carbons (Fsp3) is 0.240. The molecular weight excluding hydrogens is 440 g/mol. The van der Waals surface area contributed by atoms with Gasteiger partial charge in [0.1, 0.15) is 11.6 Å². The van der Waals surface area contributed by atoms with E-state index in [1.807, 2.05) is 66.1 Å². The molecule has 8 heteroatoms. The summed E-state index contributed by atoms with van der Waals surface area (Å²) in [5, 5.41) is 5.04. The lowest BCUT2D eigenvalue weighted by molar-refractivity contribution is -0.123. The molecule has 0 radical (unpaired) electrons. The molecule has 0 bridgehead atoms. The van der Waals surface area contributed by atoms with Gasteiger partial charge in [0.2, 0.25) is 0 Å². The highest BCUT2D eigenvalue weighted by molar-refractivity contribution is 7.10. The Hall–Kier alpha value is -3.65. The quantitative estimate of drug-likeness (QED) is 0.461. The lowest BCUT2D eigenvalue weighted by Crippen LogP contribution is -2.24. The van der Waals surface area contributed by atoms with E-state index in [1.54, 1.807) is 18.4 Å². The number of imide groups is 1. The lowest BCUT2D eigenvalue weighted by atomic mass is 10.1. The summed E-state index contributed by atoms with van der Waals surface area (Å²) in [7, 11) is 1.60. The van der Waals surface area contributed by atoms with Gasteiger partial charge < -0.3 is 14.2 Å². The molecule has 3 aromatic rings. The van der Waals surface area contributed by atoms with Crippen molar-refractivity contribution in [2.24, 2.45) is 0 Å². The molecule has 1 aromatic heterocycles.